The average Bonchev–Trinajstić information content (AvgIpc) is 0.708. The Labute approximate surface area is 533 Å². The van der Waals surface area contributed by atoms with Crippen LogP contribution in [-0.2, 0) is 104 Å². The third-order valence-electron chi connectivity index (χ3n) is 13.8. The Balaban J connectivity index is 0.000000325. The molecular weight excluding hydrogens is 1330 g/mol. The predicted octanol–water partition coefficient (Wildman–Crippen LogP) is 11.0. The number of halogens is 24. The summed E-state index contributed by atoms with van der Waals surface area (Å²) in [6, 6.07) is 10.3. The number of ether oxygens (including phenoxy) is 9. The second kappa shape index (κ2) is 29.8. The smallest absolute Gasteiger partial charge is 0.377 e. The summed E-state index contributed by atoms with van der Waals surface area (Å²) >= 11 is 0. The zero-order valence-electron chi connectivity index (χ0n) is 47.5. The van der Waals surface area contributed by atoms with E-state index >= 15 is 0 Å². The van der Waals surface area contributed by atoms with E-state index in [9.17, 15) is 105 Å². The van der Waals surface area contributed by atoms with Crippen LogP contribution in [0.2, 0.25) is 0 Å². The Kier molecular flexibility index (Phi) is 24.4. The topological polar surface area (TPSA) is 83.1 Å². The molecule has 504 valence electrons. The van der Waals surface area contributed by atoms with Crippen molar-refractivity contribution in [1.82, 2.24) is 0 Å². The van der Waals surface area contributed by atoms with E-state index in [0.717, 1.165) is 11.1 Å². The van der Waals surface area contributed by atoms with Crippen molar-refractivity contribution in [3.63, 3.8) is 0 Å². The van der Waals surface area contributed by atoms with E-state index in [-0.39, 0.29) is 69.2 Å². The first-order valence-corrected chi connectivity index (χ1v) is 26.6. The molecule has 6 aromatic rings. The van der Waals surface area contributed by atoms with Crippen LogP contribution in [0.15, 0.2) is 133 Å². The van der Waals surface area contributed by atoms with Gasteiger partial charge in [0.05, 0.1) is 124 Å². The molecular formula is C58H46BF24NaO9. The van der Waals surface area contributed by atoms with Gasteiger partial charge in [-0.1, -0.05) is 109 Å². The first-order valence-electron chi connectivity index (χ1n) is 26.6. The Bertz CT molecular complexity index is 2860. The average molecular weight is 1380 g/mol. The van der Waals surface area contributed by atoms with Crippen LogP contribution >= 0.6 is 0 Å². The molecule has 6 aromatic carbocycles. The number of hydrogen-bond donors (Lipinski definition) is 0. The minimum atomic E-state index is -6.13. The summed E-state index contributed by atoms with van der Waals surface area (Å²) in [5, 5.41) is 0. The minimum Gasteiger partial charge on any atom is -0.377 e. The quantitative estimate of drug-likeness (QED) is 0.0920. The van der Waals surface area contributed by atoms with Crippen LogP contribution in [0, 0.1) is 0 Å². The van der Waals surface area contributed by atoms with Crippen LogP contribution < -0.4 is 51.4 Å². The van der Waals surface area contributed by atoms with E-state index in [1.807, 2.05) is 60.7 Å². The van der Waals surface area contributed by atoms with Gasteiger partial charge in [-0.05, 0) is 24.3 Å². The van der Waals surface area contributed by atoms with E-state index in [0.29, 0.717) is 39.6 Å². The summed E-state index contributed by atoms with van der Waals surface area (Å²) in [4.78, 5) is 0. The Hall–Kier alpha value is -5.66. The van der Waals surface area contributed by atoms with Crippen molar-refractivity contribution < 1.29 is 178 Å². The van der Waals surface area contributed by atoms with Crippen LogP contribution in [0.25, 0.3) is 0 Å². The van der Waals surface area contributed by atoms with E-state index in [1.54, 1.807) is 0 Å². The molecule has 3 aliphatic heterocycles. The number of alkyl halides is 24. The van der Waals surface area contributed by atoms with Crippen LogP contribution in [0.5, 0.6) is 0 Å². The van der Waals surface area contributed by atoms with Gasteiger partial charge in [0, 0.05) is 11.1 Å². The molecule has 9 rings (SSSR count). The monoisotopic (exact) mass is 1380 g/mol. The van der Waals surface area contributed by atoms with Gasteiger partial charge < -0.3 is 42.6 Å². The molecule has 0 aliphatic carbocycles. The fourth-order valence-corrected chi connectivity index (χ4v) is 9.82. The molecule has 3 aliphatic rings. The molecule has 9 nitrogen and oxygen atoms in total. The second-order valence-electron chi connectivity index (χ2n) is 20.0. The molecule has 93 heavy (non-hydrogen) atoms. The molecule has 0 N–H and O–H groups in total. The van der Waals surface area contributed by atoms with Crippen molar-refractivity contribution >= 4 is 28.0 Å². The van der Waals surface area contributed by atoms with Crippen molar-refractivity contribution in [2.75, 3.05) is 79.3 Å². The molecule has 0 spiro atoms. The Morgan fingerprint density at radius 2 is 0.398 bits per heavy atom. The van der Waals surface area contributed by atoms with Gasteiger partial charge >= 0.3 is 90.9 Å². The first-order chi connectivity index (χ1) is 42.6. The molecule has 0 aromatic heterocycles. The van der Waals surface area contributed by atoms with E-state index in [2.05, 4.69) is 0 Å². The maximum absolute atomic E-state index is 14.2. The van der Waals surface area contributed by atoms with Gasteiger partial charge in [0.25, 0.3) is 0 Å². The molecule has 0 radical (unpaired) electrons. The van der Waals surface area contributed by atoms with Crippen LogP contribution in [0.3, 0.4) is 0 Å². The van der Waals surface area contributed by atoms with Gasteiger partial charge in [0.15, 0.2) is 0 Å². The molecule has 0 saturated carbocycles. The largest absolute Gasteiger partial charge is 1.00 e. The summed E-state index contributed by atoms with van der Waals surface area (Å²) < 4.78 is 395. The van der Waals surface area contributed by atoms with Crippen LogP contribution in [-0.4, -0.2) is 85.4 Å². The fourth-order valence-electron chi connectivity index (χ4n) is 9.82. The number of benzene rings is 6. The minimum absolute atomic E-state index is 0. The van der Waals surface area contributed by atoms with E-state index in [1.165, 1.54) is 0 Å². The summed E-state index contributed by atoms with van der Waals surface area (Å²) in [5.41, 5.74) is -28.7. The second-order valence-corrected chi connectivity index (χ2v) is 20.0. The summed E-state index contributed by atoms with van der Waals surface area (Å²) in [6.45, 7) is 3.36. The predicted molar refractivity (Wildman–Crippen MR) is 274 cm³/mol. The van der Waals surface area contributed by atoms with Gasteiger partial charge in [-0.15, -0.1) is 0 Å². The summed E-state index contributed by atoms with van der Waals surface area (Å²) in [6.07, 6.45) is -54.8. The van der Waals surface area contributed by atoms with E-state index in [4.69, 9.17) is 42.6 Å². The Morgan fingerprint density at radius 1 is 0.237 bits per heavy atom. The normalized spacial score (nSPS) is 19.6. The Morgan fingerprint density at radius 3 is 0.548 bits per heavy atom. The van der Waals surface area contributed by atoms with Gasteiger partial charge in [-0.3, -0.25) is 0 Å². The standard InChI is InChI=1S/C32H12BF24.C26H34O9.Na/c34-25(35,36)13-1-14(26(37,38)39)6-21(5-13)33(22-7-15(27(40,41)42)2-16(8-22)28(43,44)45,23-9-17(29(46,47)48)3-18(10-23)30(49,50)51)24-11-19(31(52,53)54)4-20(12-24)32(55,56)57;1-3-7-23(8-4-1)25-30-17-11-27-14-20-33-26(24-9-5-2-6-10-24,34-21-15-28-12-18-31-25)35-22-16-29-13-19-32-25;/h1-12H;1-10H,11-22H2;/q-1;;+1. The molecule has 3 fully saturated rings. The van der Waals surface area contributed by atoms with Gasteiger partial charge in [-0.25, -0.2) is 0 Å². The number of fused-ring (bicyclic) bond motifs is 18. The van der Waals surface area contributed by atoms with Crippen molar-refractivity contribution in [1.29, 1.82) is 0 Å². The van der Waals surface area contributed by atoms with Crippen molar-refractivity contribution in [3.8, 4) is 0 Å². The molecule has 3 saturated heterocycles. The van der Waals surface area contributed by atoms with E-state index < -0.39 is 207 Å². The molecule has 0 atom stereocenters. The third kappa shape index (κ3) is 19.3. The molecule has 0 amide bonds. The molecule has 35 heteroatoms. The fraction of sp³-hybridized carbons (Fsp3) is 0.379. The van der Waals surface area contributed by atoms with Gasteiger partial charge in [-0.2, -0.15) is 127 Å². The molecule has 2 bridgehead atoms. The van der Waals surface area contributed by atoms with Crippen molar-refractivity contribution in [2.24, 2.45) is 0 Å². The summed E-state index contributed by atoms with van der Waals surface area (Å²) in [5.74, 6) is -2.81. The van der Waals surface area contributed by atoms with Crippen LogP contribution in [0.1, 0.15) is 55.6 Å². The van der Waals surface area contributed by atoms with Crippen molar-refractivity contribution in [2.45, 2.75) is 61.4 Å². The molecule has 3 heterocycles. The maximum Gasteiger partial charge on any atom is 1.00 e. The zero-order chi connectivity index (χ0) is 68.0. The summed E-state index contributed by atoms with van der Waals surface area (Å²) in [7, 11) is 0. The maximum atomic E-state index is 14.2. The van der Waals surface area contributed by atoms with Gasteiger partial charge in [0.2, 0.25) is 0 Å². The van der Waals surface area contributed by atoms with Gasteiger partial charge in [0.1, 0.15) is 6.15 Å². The number of rotatable bonds is 6. The van der Waals surface area contributed by atoms with Crippen LogP contribution in [0.4, 0.5) is 105 Å². The number of hydrogen-bond acceptors (Lipinski definition) is 9. The van der Waals surface area contributed by atoms with Crippen molar-refractivity contribution in [3.05, 3.63) is 189 Å². The zero-order valence-corrected chi connectivity index (χ0v) is 49.5. The SMILES string of the molecule is FC(F)(F)c1cc([B-](c2cc(C(F)(F)F)cc(C(F)(F)F)c2)(c2cc(C(F)(F)F)cc(C(F)(F)F)c2)c2cc(C(F)(F)F)cc(C(F)(F)F)c2)cc(C(F)(F)F)c1.[Na+].c1ccc(C23OCCOCCOC(c4ccccc4)(OCCOCCO2)OCCOCCO3)cc1. The third-order valence-corrected chi connectivity index (χ3v) is 13.8. The molecule has 0 unspecified atom stereocenters. The first kappa shape index (κ1) is 76.4.